The number of sulfone groups is 1. The molecule has 5 heteroatoms. The first-order chi connectivity index (χ1) is 9.51. The van der Waals surface area contributed by atoms with E-state index in [0.29, 0.717) is 5.02 Å². The lowest BCUT2D eigenvalue weighted by atomic mass is 10.1. The van der Waals surface area contributed by atoms with Gasteiger partial charge in [-0.2, -0.15) is 0 Å². The lowest BCUT2D eigenvalue weighted by Crippen LogP contribution is -2.15. The summed E-state index contributed by atoms with van der Waals surface area (Å²) in [4.78, 5) is 0.279. The standard InChI is InChI=1S/C15H14ClNO2S/c16-11-6-8-12(9-7-11)20(18,19)15-13(14(15)17)10-4-2-1-3-5-10/h1-9,13-15H,17H2. The van der Waals surface area contributed by atoms with E-state index in [9.17, 15) is 8.42 Å². The van der Waals surface area contributed by atoms with E-state index in [-0.39, 0.29) is 16.9 Å². The number of benzene rings is 2. The molecule has 3 nitrogen and oxygen atoms in total. The lowest BCUT2D eigenvalue weighted by molar-refractivity contribution is 0.593. The maximum Gasteiger partial charge on any atom is 0.183 e. The van der Waals surface area contributed by atoms with Crippen LogP contribution in [0.15, 0.2) is 59.5 Å². The largest absolute Gasteiger partial charge is 0.326 e. The van der Waals surface area contributed by atoms with Crippen molar-refractivity contribution in [3.05, 3.63) is 65.2 Å². The third-order valence-corrected chi connectivity index (χ3v) is 6.20. The summed E-state index contributed by atoms with van der Waals surface area (Å²) >= 11 is 5.79. The molecular formula is C15H14ClNO2S. The highest BCUT2D eigenvalue weighted by molar-refractivity contribution is 7.92. The molecule has 1 aliphatic carbocycles. The molecule has 3 atom stereocenters. The predicted molar refractivity (Wildman–Crippen MR) is 79.6 cm³/mol. The van der Waals surface area contributed by atoms with E-state index in [2.05, 4.69) is 0 Å². The average Bonchev–Trinajstić information content (AvgIpc) is 3.13. The van der Waals surface area contributed by atoms with Crippen molar-refractivity contribution in [2.75, 3.05) is 0 Å². The van der Waals surface area contributed by atoms with E-state index in [1.807, 2.05) is 30.3 Å². The van der Waals surface area contributed by atoms with Crippen LogP contribution in [0.4, 0.5) is 0 Å². The van der Waals surface area contributed by atoms with Gasteiger partial charge < -0.3 is 5.73 Å². The number of nitrogens with two attached hydrogens (primary N) is 1. The molecule has 0 bridgehead atoms. The molecule has 0 radical (unpaired) electrons. The van der Waals surface area contributed by atoms with E-state index in [4.69, 9.17) is 17.3 Å². The molecule has 0 amide bonds. The Morgan fingerprint density at radius 1 is 0.950 bits per heavy atom. The van der Waals surface area contributed by atoms with Crippen LogP contribution < -0.4 is 5.73 Å². The molecule has 1 saturated carbocycles. The predicted octanol–water partition coefficient (Wildman–Crippen LogP) is 2.61. The van der Waals surface area contributed by atoms with Crippen LogP contribution in [-0.2, 0) is 9.84 Å². The van der Waals surface area contributed by atoms with Gasteiger partial charge >= 0.3 is 0 Å². The Morgan fingerprint density at radius 3 is 2.15 bits per heavy atom. The average molecular weight is 308 g/mol. The monoisotopic (exact) mass is 307 g/mol. The number of halogens is 1. The van der Waals surface area contributed by atoms with Crippen LogP contribution in [0.1, 0.15) is 11.5 Å². The van der Waals surface area contributed by atoms with Gasteiger partial charge in [-0.25, -0.2) is 8.42 Å². The summed E-state index contributed by atoms with van der Waals surface area (Å²) < 4.78 is 25.2. The van der Waals surface area contributed by atoms with E-state index >= 15 is 0 Å². The van der Waals surface area contributed by atoms with Crippen molar-refractivity contribution in [1.29, 1.82) is 0 Å². The van der Waals surface area contributed by atoms with E-state index < -0.39 is 15.1 Å². The summed E-state index contributed by atoms with van der Waals surface area (Å²) in [7, 11) is -3.41. The Bertz CT molecular complexity index is 713. The quantitative estimate of drug-likeness (QED) is 0.948. The van der Waals surface area contributed by atoms with Crippen LogP contribution in [0.5, 0.6) is 0 Å². The van der Waals surface area contributed by atoms with Crippen LogP contribution in [0.25, 0.3) is 0 Å². The minimum Gasteiger partial charge on any atom is -0.326 e. The molecule has 0 heterocycles. The number of hydrogen-bond donors (Lipinski definition) is 1. The van der Waals surface area contributed by atoms with Crippen LogP contribution in [-0.4, -0.2) is 19.7 Å². The van der Waals surface area contributed by atoms with Gasteiger partial charge in [0.15, 0.2) is 9.84 Å². The summed E-state index contributed by atoms with van der Waals surface area (Å²) in [5.74, 6) is -0.128. The summed E-state index contributed by atoms with van der Waals surface area (Å²) in [5.41, 5.74) is 6.97. The summed E-state index contributed by atoms with van der Waals surface area (Å²) in [5, 5.41) is -0.0327. The highest BCUT2D eigenvalue weighted by Crippen LogP contribution is 2.46. The van der Waals surface area contributed by atoms with E-state index in [1.165, 1.54) is 12.1 Å². The molecule has 3 rings (SSSR count). The van der Waals surface area contributed by atoms with E-state index in [0.717, 1.165) is 5.56 Å². The second kappa shape index (κ2) is 4.88. The summed E-state index contributed by atoms with van der Waals surface area (Å²) in [6.07, 6.45) is 0. The molecular weight excluding hydrogens is 294 g/mol. The summed E-state index contributed by atoms with van der Waals surface area (Å²) in [6, 6.07) is 15.4. The zero-order valence-electron chi connectivity index (χ0n) is 10.6. The van der Waals surface area contributed by atoms with Gasteiger partial charge in [-0.15, -0.1) is 0 Å². The van der Waals surface area contributed by atoms with Crippen molar-refractivity contribution < 1.29 is 8.42 Å². The third-order valence-electron chi connectivity index (χ3n) is 3.69. The highest BCUT2D eigenvalue weighted by Gasteiger charge is 2.56. The second-order valence-corrected chi connectivity index (χ2v) is 7.52. The Balaban J connectivity index is 1.92. The summed E-state index contributed by atoms with van der Waals surface area (Å²) in [6.45, 7) is 0. The van der Waals surface area contributed by atoms with Gasteiger partial charge in [0.25, 0.3) is 0 Å². The molecule has 0 aromatic heterocycles. The van der Waals surface area contributed by atoms with Gasteiger partial charge in [0.05, 0.1) is 10.1 Å². The molecule has 20 heavy (non-hydrogen) atoms. The molecule has 2 aromatic rings. The van der Waals surface area contributed by atoms with Crippen molar-refractivity contribution in [3.63, 3.8) is 0 Å². The van der Waals surface area contributed by atoms with Crippen LogP contribution in [0.2, 0.25) is 5.02 Å². The maximum atomic E-state index is 12.6. The van der Waals surface area contributed by atoms with Crippen molar-refractivity contribution in [3.8, 4) is 0 Å². The SMILES string of the molecule is NC1C(c2ccccc2)C1S(=O)(=O)c1ccc(Cl)cc1. The number of rotatable bonds is 3. The van der Waals surface area contributed by atoms with Gasteiger partial charge in [0.1, 0.15) is 0 Å². The minimum atomic E-state index is -3.41. The normalized spacial score (nSPS) is 25.4. The molecule has 2 aromatic carbocycles. The third kappa shape index (κ3) is 2.24. The molecule has 0 spiro atoms. The molecule has 2 N–H and O–H groups in total. The van der Waals surface area contributed by atoms with Crippen molar-refractivity contribution in [1.82, 2.24) is 0 Å². The van der Waals surface area contributed by atoms with E-state index in [1.54, 1.807) is 12.1 Å². The Kier molecular flexibility index (Phi) is 3.32. The molecule has 1 fully saturated rings. The van der Waals surface area contributed by atoms with Crippen LogP contribution in [0, 0.1) is 0 Å². The molecule has 0 saturated heterocycles. The second-order valence-electron chi connectivity index (χ2n) is 4.98. The fourth-order valence-electron chi connectivity index (χ4n) is 2.57. The highest BCUT2D eigenvalue weighted by atomic mass is 35.5. The topological polar surface area (TPSA) is 60.2 Å². The maximum absolute atomic E-state index is 12.6. The first kappa shape index (κ1) is 13.6. The van der Waals surface area contributed by atoms with Gasteiger partial charge in [0.2, 0.25) is 0 Å². The fourth-order valence-corrected chi connectivity index (χ4v) is 4.75. The Labute approximate surface area is 123 Å². The first-order valence-electron chi connectivity index (χ1n) is 6.32. The lowest BCUT2D eigenvalue weighted by Gasteiger charge is -2.04. The smallest absolute Gasteiger partial charge is 0.183 e. The Morgan fingerprint density at radius 2 is 1.55 bits per heavy atom. The van der Waals surface area contributed by atoms with Gasteiger partial charge in [-0.05, 0) is 29.8 Å². The molecule has 104 valence electrons. The number of hydrogen-bond acceptors (Lipinski definition) is 3. The molecule has 1 aliphatic rings. The van der Waals surface area contributed by atoms with Gasteiger partial charge in [0, 0.05) is 17.0 Å². The molecule has 0 aliphatic heterocycles. The minimum absolute atomic E-state index is 0.128. The van der Waals surface area contributed by atoms with Crippen molar-refractivity contribution in [2.24, 2.45) is 5.73 Å². The van der Waals surface area contributed by atoms with Gasteiger partial charge in [-0.1, -0.05) is 41.9 Å². The Hall–Kier alpha value is -1.36. The zero-order chi connectivity index (χ0) is 14.3. The zero-order valence-corrected chi connectivity index (χ0v) is 12.2. The first-order valence-corrected chi connectivity index (χ1v) is 8.24. The fraction of sp³-hybridized carbons (Fsp3) is 0.200. The van der Waals surface area contributed by atoms with Gasteiger partial charge in [-0.3, -0.25) is 0 Å². The molecule has 3 unspecified atom stereocenters. The van der Waals surface area contributed by atoms with Crippen molar-refractivity contribution >= 4 is 21.4 Å². The van der Waals surface area contributed by atoms with Crippen LogP contribution in [0.3, 0.4) is 0 Å². The van der Waals surface area contributed by atoms with Crippen LogP contribution >= 0.6 is 11.6 Å². The van der Waals surface area contributed by atoms with Crippen molar-refractivity contribution in [2.45, 2.75) is 22.1 Å².